The maximum Gasteiger partial charge on any atom is 0.255 e. The Labute approximate surface area is 190 Å². The van der Waals surface area contributed by atoms with Gasteiger partial charge >= 0.3 is 0 Å². The number of halogens is 1. The van der Waals surface area contributed by atoms with Crippen molar-refractivity contribution in [2.24, 2.45) is 0 Å². The van der Waals surface area contributed by atoms with Crippen LogP contribution >= 0.6 is 11.6 Å². The second kappa shape index (κ2) is 8.89. The number of ether oxygens (including phenoxy) is 1. The number of aryl methyl sites for hydroxylation is 4. The van der Waals surface area contributed by atoms with Gasteiger partial charge in [-0.25, -0.2) is 0 Å². The number of aromatic nitrogens is 2. The monoisotopic (exact) mass is 447 g/mol. The third-order valence-corrected chi connectivity index (χ3v) is 5.85. The average Bonchev–Trinajstić information content (AvgIpc) is 3.12. The molecule has 0 spiro atoms. The Hall–Kier alpha value is -3.56. The number of fused-ring (bicyclic) bond motifs is 1. The summed E-state index contributed by atoms with van der Waals surface area (Å²) in [6, 6.07) is 15.3. The molecule has 0 N–H and O–H groups in total. The van der Waals surface area contributed by atoms with Crippen molar-refractivity contribution >= 4 is 22.5 Å². The minimum atomic E-state index is -0.167. The molecule has 0 aliphatic heterocycles. The fourth-order valence-corrected chi connectivity index (χ4v) is 4.15. The number of pyridine rings is 1. The van der Waals surface area contributed by atoms with E-state index in [9.17, 15) is 10.1 Å². The summed E-state index contributed by atoms with van der Waals surface area (Å²) in [7, 11) is 1.60. The Morgan fingerprint density at radius 1 is 1.19 bits per heavy atom. The van der Waals surface area contributed by atoms with Crippen molar-refractivity contribution in [2.45, 2.75) is 33.2 Å². The van der Waals surface area contributed by atoms with Crippen LogP contribution in [-0.2, 0) is 19.4 Å². The van der Waals surface area contributed by atoms with E-state index in [-0.39, 0.29) is 12.0 Å². The van der Waals surface area contributed by atoms with Crippen LogP contribution in [0, 0.1) is 25.2 Å². The fraction of sp³-hybridized carbons (Fsp3) is 0.240. The summed E-state index contributed by atoms with van der Waals surface area (Å²) in [4.78, 5) is 13.2. The van der Waals surface area contributed by atoms with E-state index in [0.29, 0.717) is 35.1 Å². The molecule has 0 bridgehead atoms. The van der Waals surface area contributed by atoms with Gasteiger partial charge in [0.05, 0.1) is 36.4 Å². The Morgan fingerprint density at radius 2 is 1.94 bits per heavy atom. The van der Waals surface area contributed by atoms with Gasteiger partial charge in [-0.15, -0.1) is 0 Å². The third-order valence-electron chi connectivity index (χ3n) is 5.60. The molecule has 0 fully saturated rings. The molecule has 0 aliphatic rings. The highest BCUT2D eigenvalue weighted by Gasteiger charge is 2.19. The number of nitrogens with zero attached hydrogens (tertiary/aromatic N) is 3. The van der Waals surface area contributed by atoms with Gasteiger partial charge in [-0.1, -0.05) is 28.9 Å². The number of rotatable bonds is 6. The fourth-order valence-electron chi connectivity index (χ4n) is 4.02. The molecule has 2 aromatic heterocycles. The van der Waals surface area contributed by atoms with Gasteiger partial charge in [0.1, 0.15) is 11.5 Å². The molecule has 0 saturated carbocycles. The SMILES string of the molecule is COc1cc2c(cc1-c1c(C)noc1C)cc(CC#N)c(=O)n2CCc1ccc(Cl)cc1. The predicted molar refractivity (Wildman–Crippen MR) is 124 cm³/mol. The van der Waals surface area contributed by atoms with E-state index in [2.05, 4.69) is 11.2 Å². The normalized spacial score (nSPS) is 11.0. The maximum absolute atomic E-state index is 13.2. The van der Waals surface area contributed by atoms with Gasteiger partial charge in [0, 0.05) is 28.8 Å². The number of hydrogen-bond donors (Lipinski definition) is 0. The molecule has 2 heterocycles. The van der Waals surface area contributed by atoms with Crippen LogP contribution in [-0.4, -0.2) is 16.8 Å². The van der Waals surface area contributed by atoms with Crippen LogP contribution in [0.3, 0.4) is 0 Å². The van der Waals surface area contributed by atoms with E-state index in [0.717, 1.165) is 33.3 Å². The zero-order valence-electron chi connectivity index (χ0n) is 18.1. The minimum Gasteiger partial charge on any atom is -0.496 e. The summed E-state index contributed by atoms with van der Waals surface area (Å²) in [6.45, 7) is 4.20. The first-order valence-electron chi connectivity index (χ1n) is 10.2. The number of nitriles is 1. The number of benzene rings is 2. The van der Waals surface area contributed by atoms with Gasteiger partial charge in [-0.2, -0.15) is 5.26 Å². The van der Waals surface area contributed by atoms with E-state index < -0.39 is 0 Å². The summed E-state index contributed by atoms with van der Waals surface area (Å²) in [5.41, 5.74) is 4.57. The highest BCUT2D eigenvalue weighted by molar-refractivity contribution is 6.30. The van der Waals surface area contributed by atoms with Gasteiger partial charge in [0.2, 0.25) is 0 Å². The molecule has 6 nitrogen and oxygen atoms in total. The quantitative estimate of drug-likeness (QED) is 0.403. The molecule has 7 heteroatoms. The van der Waals surface area contributed by atoms with E-state index in [1.165, 1.54) is 0 Å². The molecule has 0 atom stereocenters. The van der Waals surface area contributed by atoms with E-state index in [4.69, 9.17) is 20.9 Å². The van der Waals surface area contributed by atoms with Crippen molar-refractivity contribution in [3.05, 3.63) is 80.4 Å². The van der Waals surface area contributed by atoms with Crippen LogP contribution in [0.5, 0.6) is 5.75 Å². The van der Waals surface area contributed by atoms with Gasteiger partial charge in [-0.3, -0.25) is 4.79 Å². The molecule has 32 heavy (non-hydrogen) atoms. The second-order valence-corrected chi connectivity index (χ2v) is 8.08. The molecular formula is C25H22ClN3O3. The van der Waals surface area contributed by atoms with E-state index in [1.54, 1.807) is 17.7 Å². The first-order valence-corrected chi connectivity index (χ1v) is 10.6. The first kappa shape index (κ1) is 21.7. The lowest BCUT2D eigenvalue weighted by Gasteiger charge is -2.16. The molecule has 0 saturated heterocycles. The highest BCUT2D eigenvalue weighted by atomic mass is 35.5. The van der Waals surface area contributed by atoms with Crippen molar-refractivity contribution in [3.63, 3.8) is 0 Å². The molecule has 0 aliphatic carbocycles. The Balaban J connectivity index is 1.89. The van der Waals surface area contributed by atoms with Gasteiger partial charge in [0.25, 0.3) is 5.56 Å². The minimum absolute atomic E-state index is 0.0440. The molecule has 0 unspecified atom stereocenters. The molecule has 2 aromatic carbocycles. The van der Waals surface area contributed by atoms with Crippen LogP contribution < -0.4 is 10.3 Å². The lowest BCUT2D eigenvalue weighted by molar-refractivity contribution is 0.393. The molecule has 4 aromatic rings. The van der Waals surface area contributed by atoms with Crippen molar-refractivity contribution in [2.75, 3.05) is 7.11 Å². The van der Waals surface area contributed by atoms with Crippen LogP contribution in [0.4, 0.5) is 0 Å². The molecule has 0 radical (unpaired) electrons. The molecule has 162 valence electrons. The van der Waals surface area contributed by atoms with E-state index in [1.807, 2.05) is 50.2 Å². The highest BCUT2D eigenvalue weighted by Crippen LogP contribution is 2.37. The van der Waals surface area contributed by atoms with Crippen LogP contribution in [0.25, 0.3) is 22.0 Å². The van der Waals surface area contributed by atoms with Crippen LogP contribution in [0.1, 0.15) is 22.6 Å². The van der Waals surface area contributed by atoms with Crippen molar-refractivity contribution < 1.29 is 9.26 Å². The summed E-state index contributed by atoms with van der Waals surface area (Å²) < 4.78 is 12.8. The zero-order chi connectivity index (χ0) is 22.8. The first-order chi connectivity index (χ1) is 15.4. The summed E-state index contributed by atoms with van der Waals surface area (Å²) in [5.74, 6) is 1.31. The Morgan fingerprint density at radius 3 is 2.56 bits per heavy atom. The summed E-state index contributed by atoms with van der Waals surface area (Å²) in [5, 5.41) is 14.8. The zero-order valence-corrected chi connectivity index (χ0v) is 18.9. The third kappa shape index (κ3) is 4.00. The smallest absolute Gasteiger partial charge is 0.255 e. The topological polar surface area (TPSA) is 81.1 Å². The number of methoxy groups -OCH3 is 1. The average molecular weight is 448 g/mol. The van der Waals surface area contributed by atoms with Crippen molar-refractivity contribution in [3.8, 4) is 22.9 Å². The van der Waals surface area contributed by atoms with Crippen LogP contribution in [0.15, 0.2) is 51.8 Å². The Bertz CT molecular complexity index is 1380. The van der Waals surface area contributed by atoms with Crippen LogP contribution in [0.2, 0.25) is 5.02 Å². The predicted octanol–water partition coefficient (Wildman–Crippen LogP) is 5.24. The lowest BCUT2D eigenvalue weighted by Crippen LogP contribution is -2.25. The Kier molecular flexibility index (Phi) is 6.02. The molecular weight excluding hydrogens is 426 g/mol. The number of hydrogen-bond acceptors (Lipinski definition) is 5. The lowest BCUT2D eigenvalue weighted by atomic mass is 9.99. The standard InChI is InChI=1S/C25H22ClN3O3/c1-15-24(16(2)32-28-15)21-13-19-12-18(8-10-27)25(30)29(22(19)14-23(21)31-3)11-9-17-4-6-20(26)7-5-17/h4-7,12-14H,8-9,11H2,1-3H3. The largest absolute Gasteiger partial charge is 0.496 e. The molecule has 4 rings (SSSR count). The van der Waals surface area contributed by atoms with E-state index >= 15 is 0 Å². The van der Waals surface area contributed by atoms with Gasteiger partial charge < -0.3 is 13.8 Å². The summed E-state index contributed by atoms with van der Waals surface area (Å²) in [6.07, 6.45) is 0.693. The van der Waals surface area contributed by atoms with Gasteiger partial charge in [0.15, 0.2) is 0 Å². The molecule has 0 amide bonds. The summed E-state index contributed by atoms with van der Waals surface area (Å²) >= 11 is 5.99. The maximum atomic E-state index is 13.2. The second-order valence-electron chi connectivity index (χ2n) is 7.65. The van der Waals surface area contributed by atoms with Crippen molar-refractivity contribution in [1.29, 1.82) is 5.26 Å². The van der Waals surface area contributed by atoms with Crippen molar-refractivity contribution in [1.82, 2.24) is 9.72 Å². The van der Waals surface area contributed by atoms with Gasteiger partial charge in [-0.05, 0) is 55.5 Å².